The van der Waals surface area contributed by atoms with Crippen LogP contribution >= 0.6 is 12.2 Å². The zero-order valence-corrected chi connectivity index (χ0v) is 12.7. The lowest BCUT2D eigenvalue weighted by atomic mass is 10.2. The maximum absolute atomic E-state index is 13.5. The number of amides is 1. The number of para-hydroxylation sites is 2. The molecular formula is C16H15FN2O2S. The second kappa shape index (κ2) is 7.51. The van der Waals surface area contributed by atoms with Crippen LogP contribution in [0.15, 0.2) is 48.5 Å². The molecule has 0 fully saturated rings. The third-order valence-corrected chi connectivity index (χ3v) is 2.98. The van der Waals surface area contributed by atoms with Crippen LogP contribution in [0.5, 0.6) is 5.75 Å². The van der Waals surface area contributed by atoms with Crippen molar-refractivity contribution in [3.8, 4) is 5.75 Å². The number of halogens is 1. The topological polar surface area (TPSA) is 50.4 Å². The van der Waals surface area contributed by atoms with Crippen LogP contribution in [0.1, 0.15) is 17.3 Å². The second-order valence-electron chi connectivity index (χ2n) is 4.32. The van der Waals surface area contributed by atoms with Gasteiger partial charge in [-0.15, -0.1) is 0 Å². The van der Waals surface area contributed by atoms with Gasteiger partial charge in [0.15, 0.2) is 5.11 Å². The van der Waals surface area contributed by atoms with E-state index >= 15 is 0 Å². The zero-order valence-electron chi connectivity index (χ0n) is 11.9. The van der Waals surface area contributed by atoms with Crippen molar-refractivity contribution in [3.05, 3.63) is 59.9 Å². The molecule has 0 unspecified atom stereocenters. The maximum Gasteiger partial charge on any atom is 0.260 e. The van der Waals surface area contributed by atoms with Crippen molar-refractivity contribution in [2.24, 2.45) is 0 Å². The molecule has 0 bridgehead atoms. The third kappa shape index (κ3) is 4.02. The lowest BCUT2D eigenvalue weighted by Gasteiger charge is -2.13. The Bertz CT molecular complexity index is 691. The number of carbonyl (C=O) groups is 1. The molecule has 114 valence electrons. The standard InChI is InChI=1S/C16H15FN2O2S/c1-2-21-14-10-6-5-9-13(14)18-16(22)19-15(20)11-7-3-4-8-12(11)17/h3-10H,2H2,1H3,(H2,18,19,20,22). The summed E-state index contributed by atoms with van der Waals surface area (Å²) in [6.07, 6.45) is 0. The number of thiocarbonyl (C=S) groups is 1. The van der Waals surface area contributed by atoms with E-state index in [9.17, 15) is 9.18 Å². The predicted octanol–water partition coefficient (Wildman–Crippen LogP) is 3.35. The first-order chi connectivity index (χ1) is 10.6. The van der Waals surface area contributed by atoms with Crippen LogP contribution in [0.2, 0.25) is 0 Å². The Morgan fingerprint density at radius 2 is 1.86 bits per heavy atom. The summed E-state index contributed by atoms with van der Waals surface area (Å²) in [4.78, 5) is 12.0. The van der Waals surface area contributed by atoms with Gasteiger partial charge in [-0.3, -0.25) is 10.1 Å². The fraction of sp³-hybridized carbons (Fsp3) is 0.125. The van der Waals surface area contributed by atoms with Crippen molar-refractivity contribution >= 4 is 28.9 Å². The van der Waals surface area contributed by atoms with Crippen molar-refractivity contribution in [2.75, 3.05) is 11.9 Å². The van der Waals surface area contributed by atoms with Gasteiger partial charge in [-0.05, 0) is 43.4 Å². The minimum absolute atomic E-state index is 0.0651. The molecule has 0 saturated heterocycles. The lowest BCUT2D eigenvalue weighted by molar-refractivity contribution is 0.0974. The lowest BCUT2D eigenvalue weighted by Crippen LogP contribution is -2.34. The van der Waals surface area contributed by atoms with Gasteiger partial charge in [0.25, 0.3) is 5.91 Å². The minimum Gasteiger partial charge on any atom is -0.492 e. The molecule has 1 amide bonds. The van der Waals surface area contributed by atoms with Crippen molar-refractivity contribution in [1.29, 1.82) is 0 Å². The SMILES string of the molecule is CCOc1ccccc1NC(=S)NC(=O)c1ccccc1F. The van der Waals surface area contributed by atoms with Crippen molar-refractivity contribution < 1.29 is 13.9 Å². The summed E-state index contributed by atoms with van der Waals surface area (Å²) in [6, 6.07) is 12.9. The normalized spacial score (nSPS) is 9.91. The van der Waals surface area contributed by atoms with Crippen LogP contribution in [-0.4, -0.2) is 17.6 Å². The molecule has 6 heteroatoms. The summed E-state index contributed by atoms with van der Waals surface area (Å²) < 4.78 is 19.0. The van der Waals surface area contributed by atoms with Gasteiger partial charge in [-0.25, -0.2) is 4.39 Å². The molecule has 0 aliphatic carbocycles. The highest BCUT2D eigenvalue weighted by Crippen LogP contribution is 2.23. The first-order valence-corrected chi connectivity index (χ1v) is 7.11. The Morgan fingerprint density at radius 3 is 2.59 bits per heavy atom. The molecule has 2 N–H and O–H groups in total. The van der Waals surface area contributed by atoms with Crippen molar-refractivity contribution in [1.82, 2.24) is 5.32 Å². The Labute approximate surface area is 133 Å². The van der Waals surface area contributed by atoms with E-state index < -0.39 is 11.7 Å². The van der Waals surface area contributed by atoms with Gasteiger partial charge >= 0.3 is 0 Å². The minimum atomic E-state index is -0.607. The number of nitrogens with one attached hydrogen (secondary N) is 2. The van der Waals surface area contributed by atoms with Crippen LogP contribution in [-0.2, 0) is 0 Å². The first-order valence-electron chi connectivity index (χ1n) is 6.70. The van der Waals surface area contributed by atoms with Gasteiger partial charge in [-0.1, -0.05) is 24.3 Å². The number of hydrogen-bond acceptors (Lipinski definition) is 3. The zero-order chi connectivity index (χ0) is 15.9. The van der Waals surface area contributed by atoms with E-state index in [-0.39, 0.29) is 10.7 Å². The Balaban J connectivity index is 2.05. The molecule has 0 aromatic heterocycles. The highest BCUT2D eigenvalue weighted by Gasteiger charge is 2.13. The molecule has 0 heterocycles. The summed E-state index contributed by atoms with van der Waals surface area (Å²) in [5.74, 6) is -0.588. The van der Waals surface area contributed by atoms with E-state index in [1.54, 1.807) is 18.2 Å². The van der Waals surface area contributed by atoms with Gasteiger partial charge in [0.05, 0.1) is 17.9 Å². The van der Waals surface area contributed by atoms with E-state index in [4.69, 9.17) is 17.0 Å². The highest BCUT2D eigenvalue weighted by atomic mass is 32.1. The molecular weight excluding hydrogens is 303 g/mol. The molecule has 0 atom stereocenters. The molecule has 0 aliphatic rings. The molecule has 2 aromatic rings. The Hall–Kier alpha value is -2.47. The summed E-state index contributed by atoms with van der Waals surface area (Å²) in [5, 5.41) is 5.38. The van der Waals surface area contributed by atoms with Gasteiger partial charge in [0, 0.05) is 0 Å². The highest BCUT2D eigenvalue weighted by molar-refractivity contribution is 7.80. The van der Waals surface area contributed by atoms with Crippen molar-refractivity contribution in [3.63, 3.8) is 0 Å². The van der Waals surface area contributed by atoms with Gasteiger partial charge in [0.1, 0.15) is 11.6 Å². The van der Waals surface area contributed by atoms with Crippen LogP contribution < -0.4 is 15.4 Å². The van der Waals surface area contributed by atoms with Gasteiger partial charge in [-0.2, -0.15) is 0 Å². The predicted molar refractivity (Wildman–Crippen MR) is 87.7 cm³/mol. The monoisotopic (exact) mass is 318 g/mol. The average Bonchev–Trinajstić information content (AvgIpc) is 2.49. The summed E-state index contributed by atoms with van der Waals surface area (Å²) in [6.45, 7) is 2.38. The molecule has 4 nitrogen and oxygen atoms in total. The van der Waals surface area contributed by atoms with E-state index in [1.807, 2.05) is 19.1 Å². The molecule has 0 radical (unpaired) electrons. The molecule has 2 aromatic carbocycles. The van der Waals surface area contributed by atoms with Crippen LogP contribution in [0.25, 0.3) is 0 Å². The summed E-state index contributed by atoms with van der Waals surface area (Å²) >= 11 is 5.08. The largest absolute Gasteiger partial charge is 0.492 e. The number of ether oxygens (including phenoxy) is 1. The number of rotatable bonds is 4. The summed E-state index contributed by atoms with van der Waals surface area (Å²) in [7, 11) is 0. The van der Waals surface area contributed by atoms with Crippen LogP contribution in [0.3, 0.4) is 0 Å². The fourth-order valence-electron chi connectivity index (χ4n) is 1.82. The number of carbonyl (C=O) groups excluding carboxylic acids is 1. The number of benzene rings is 2. The average molecular weight is 318 g/mol. The van der Waals surface area contributed by atoms with E-state index in [1.165, 1.54) is 18.2 Å². The van der Waals surface area contributed by atoms with Crippen LogP contribution in [0, 0.1) is 5.82 Å². The molecule has 0 aliphatic heterocycles. The Morgan fingerprint density at radius 1 is 1.18 bits per heavy atom. The van der Waals surface area contributed by atoms with E-state index in [0.717, 1.165) is 0 Å². The van der Waals surface area contributed by atoms with Gasteiger partial charge in [0.2, 0.25) is 0 Å². The maximum atomic E-state index is 13.5. The smallest absolute Gasteiger partial charge is 0.260 e. The Kier molecular flexibility index (Phi) is 5.43. The van der Waals surface area contributed by atoms with E-state index in [0.29, 0.717) is 18.0 Å². The van der Waals surface area contributed by atoms with Crippen LogP contribution in [0.4, 0.5) is 10.1 Å². The van der Waals surface area contributed by atoms with E-state index in [2.05, 4.69) is 10.6 Å². The molecule has 22 heavy (non-hydrogen) atoms. The fourth-order valence-corrected chi connectivity index (χ4v) is 2.02. The molecule has 0 spiro atoms. The first kappa shape index (κ1) is 15.9. The van der Waals surface area contributed by atoms with Gasteiger partial charge < -0.3 is 10.1 Å². The summed E-state index contributed by atoms with van der Waals surface area (Å²) in [5.41, 5.74) is 0.563. The third-order valence-electron chi connectivity index (χ3n) is 2.78. The number of hydrogen-bond donors (Lipinski definition) is 2. The number of anilines is 1. The molecule has 2 rings (SSSR count). The second-order valence-corrected chi connectivity index (χ2v) is 4.73. The van der Waals surface area contributed by atoms with Crippen molar-refractivity contribution in [2.45, 2.75) is 6.92 Å². The quantitative estimate of drug-likeness (QED) is 0.849. The molecule has 0 saturated carbocycles.